The monoisotopic (exact) mass is 329 g/mol. The van der Waals surface area contributed by atoms with Gasteiger partial charge in [-0.2, -0.15) is 0 Å². The number of carboxylic acids is 1. The van der Waals surface area contributed by atoms with Gasteiger partial charge in [0.1, 0.15) is 5.75 Å². The topological polar surface area (TPSA) is 84.8 Å². The molecular formula is C17H19N3O4. The molecule has 2 aromatic rings. The molecule has 0 bridgehead atoms. The summed E-state index contributed by atoms with van der Waals surface area (Å²) in [4.78, 5) is 21.4. The third-order valence-electron chi connectivity index (χ3n) is 3.77. The van der Waals surface area contributed by atoms with E-state index in [1.54, 1.807) is 24.7 Å². The second-order valence-corrected chi connectivity index (χ2v) is 5.48. The van der Waals surface area contributed by atoms with Gasteiger partial charge in [0.2, 0.25) is 0 Å². The molecule has 0 aliphatic carbocycles. The maximum absolute atomic E-state index is 10.8. The van der Waals surface area contributed by atoms with E-state index < -0.39 is 5.97 Å². The molecule has 1 aromatic heterocycles. The zero-order valence-corrected chi connectivity index (χ0v) is 13.2. The molecule has 3 rings (SSSR count). The van der Waals surface area contributed by atoms with E-state index in [-0.39, 0.29) is 6.61 Å². The maximum Gasteiger partial charge on any atom is 0.341 e. The highest BCUT2D eigenvalue weighted by molar-refractivity contribution is 5.69. The van der Waals surface area contributed by atoms with Gasteiger partial charge in [0.05, 0.1) is 25.1 Å². The molecule has 0 amide bonds. The first-order valence-corrected chi connectivity index (χ1v) is 7.76. The van der Waals surface area contributed by atoms with Gasteiger partial charge in [-0.05, 0) is 18.2 Å². The number of hydrogen-bond donors (Lipinski definition) is 1. The third kappa shape index (κ3) is 4.27. The van der Waals surface area contributed by atoms with Crippen LogP contribution in [-0.2, 0) is 16.1 Å². The van der Waals surface area contributed by atoms with Crippen LogP contribution in [0.3, 0.4) is 0 Å². The minimum absolute atomic E-state index is 0.361. The fourth-order valence-electron chi connectivity index (χ4n) is 2.59. The molecule has 24 heavy (non-hydrogen) atoms. The largest absolute Gasteiger partial charge is 0.482 e. The molecule has 0 atom stereocenters. The molecule has 1 fully saturated rings. The van der Waals surface area contributed by atoms with Crippen molar-refractivity contribution < 1.29 is 19.4 Å². The Morgan fingerprint density at radius 3 is 2.83 bits per heavy atom. The van der Waals surface area contributed by atoms with Crippen molar-refractivity contribution in [1.29, 1.82) is 0 Å². The van der Waals surface area contributed by atoms with Crippen LogP contribution in [0.4, 0.5) is 0 Å². The minimum atomic E-state index is -0.995. The minimum Gasteiger partial charge on any atom is -0.482 e. The van der Waals surface area contributed by atoms with Crippen molar-refractivity contribution >= 4 is 5.97 Å². The van der Waals surface area contributed by atoms with Gasteiger partial charge in [-0.1, -0.05) is 0 Å². The number of aromatic nitrogens is 2. The van der Waals surface area contributed by atoms with Crippen LogP contribution in [0.5, 0.6) is 5.75 Å². The fourth-order valence-corrected chi connectivity index (χ4v) is 2.59. The molecule has 0 unspecified atom stereocenters. The van der Waals surface area contributed by atoms with Gasteiger partial charge in [0.25, 0.3) is 0 Å². The van der Waals surface area contributed by atoms with Crippen LogP contribution >= 0.6 is 0 Å². The number of carboxylic acid groups (broad SMARTS) is 1. The van der Waals surface area contributed by atoms with Crippen LogP contribution in [0.2, 0.25) is 0 Å². The smallest absolute Gasteiger partial charge is 0.341 e. The SMILES string of the molecule is O=C(O)COc1ccc(-c2cnccn2)cc1CN1CCOCC1. The van der Waals surface area contributed by atoms with Crippen LogP contribution in [0, 0.1) is 0 Å². The molecule has 126 valence electrons. The molecule has 7 nitrogen and oxygen atoms in total. The van der Waals surface area contributed by atoms with Crippen molar-refractivity contribution in [2.75, 3.05) is 32.9 Å². The van der Waals surface area contributed by atoms with Crippen molar-refractivity contribution in [3.8, 4) is 17.0 Å². The molecule has 0 spiro atoms. The molecule has 1 aliphatic heterocycles. The van der Waals surface area contributed by atoms with E-state index in [2.05, 4.69) is 14.9 Å². The normalized spacial score (nSPS) is 15.2. The van der Waals surface area contributed by atoms with Gasteiger partial charge in [-0.25, -0.2) is 4.79 Å². The van der Waals surface area contributed by atoms with Crippen LogP contribution in [0.15, 0.2) is 36.8 Å². The number of morpholine rings is 1. The van der Waals surface area contributed by atoms with Crippen molar-refractivity contribution in [2.45, 2.75) is 6.54 Å². The molecule has 7 heteroatoms. The molecular weight excluding hydrogens is 310 g/mol. The highest BCUT2D eigenvalue weighted by Gasteiger charge is 2.15. The Morgan fingerprint density at radius 1 is 1.29 bits per heavy atom. The zero-order valence-electron chi connectivity index (χ0n) is 13.2. The van der Waals surface area contributed by atoms with Gasteiger partial charge < -0.3 is 14.6 Å². The van der Waals surface area contributed by atoms with E-state index >= 15 is 0 Å². The first kappa shape index (κ1) is 16.4. The van der Waals surface area contributed by atoms with Crippen molar-refractivity contribution in [3.63, 3.8) is 0 Å². The van der Waals surface area contributed by atoms with Crippen LogP contribution in [-0.4, -0.2) is 58.9 Å². The van der Waals surface area contributed by atoms with Crippen molar-refractivity contribution in [2.24, 2.45) is 0 Å². The van der Waals surface area contributed by atoms with E-state index in [1.807, 2.05) is 12.1 Å². The third-order valence-corrected chi connectivity index (χ3v) is 3.77. The van der Waals surface area contributed by atoms with Crippen molar-refractivity contribution in [3.05, 3.63) is 42.4 Å². The van der Waals surface area contributed by atoms with E-state index in [9.17, 15) is 4.79 Å². The van der Waals surface area contributed by atoms with Gasteiger partial charge in [-0.15, -0.1) is 0 Å². The Morgan fingerprint density at radius 2 is 2.12 bits per heavy atom. The quantitative estimate of drug-likeness (QED) is 0.858. The molecule has 1 saturated heterocycles. The van der Waals surface area contributed by atoms with Gasteiger partial charge in [0, 0.05) is 43.2 Å². The van der Waals surface area contributed by atoms with Gasteiger partial charge >= 0.3 is 5.97 Å². The Hall–Kier alpha value is -2.51. The number of nitrogens with zero attached hydrogens (tertiary/aromatic N) is 3. The molecule has 2 heterocycles. The predicted molar refractivity (Wildman–Crippen MR) is 86.7 cm³/mol. The summed E-state index contributed by atoms with van der Waals surface area (Å²) in [7, 11) is 0. The summed E-state index contributed by atoms with van der Waals surface area (Å²) in [6, 6.07) is 5.64. The van der Waals surface area contributed by atoms with Crippen molar-refractivity contribution in [1.82, 2.24) is 14.9 Å². The predicted octanol–water partition coefficient (Wildman–Crippen LogP) is 1.44. The number of rotatable bonds is 6. The lowest BCUT2D eigenvalue weighted by molar-refractivity contribution is -0.139. The fraction of sp³-hybridized carbons (Fsp3) is 0.353. The first-order chi connectivity index (χ1) is 11.7. The molecule has 1 aliphatic rings. The zero-order chi connectivity index (χ0) is 16.8. The average molecular weight is 329 g/mol. The summed E-state index contributed by atoms with van der Waals surface area (Å²) in [6.07, 6.45) is 4.97. The average Bonchev–Trinajstić information content (AvgIpc) is 2.62. The first-order valence-electron chi connectivity index (χ1n) is 7.76. The van der Waals surface area contributed by atoms with Gasteiger partial charge in [0.15, 0.2) is 6.61 Å². The summed E-state index contributed by atoms with van der Waals surface area (Å²) < 4.78 is 10.8. The molecule has 1 N–H and O–H groups in total. The Bertz CT molecular complexity index is 687. The van der Waals surface area contributed by atoms with E-state index in [4.69, 9.17) is 14.6 Å². The Kier molecular flexibility index (Phi) is 5.35. The number of ether oxygens (including phenoxy) is 2. The lowest BCUT2D eigenvalue weighted by atomic mass is 10.1. The number of benzene rings is 1. The summed E-state index contributed by atoms with van der Waals surface area (Å²) in [5, 5.41) is 8.85. The highest BCUT2D eigenvalue weighted by Crippen LogP contribution is 2.27. The Labute approximate surface area is 139 Å². The second kappa shape index (κ2) is 7.85. The standard InChI is InChI=1S/C17H19N3O4/c21-17(22)12-24-16-2-1-13(15-10-18-3-4-19-15)9-14(16)11-20-5-7-23-8-6-20/h1-4,9-10H,5-8,11-12H2,(H,21,22). The summed E-state index contributed by atoms with van der Waals surface area (Å²) in [5.41, 5.74) is 2.63. The second-order valence-electron chi connectivity index (χ2n) is 5.48. The number of hydrogen-bond acceptors (Lipinski definition) is 6. The van der Waals surface area contributed by atoms with E-state index in [0.717, 1.165) is 29.9 Å². The van der Waals surface area contributed by atoms with Crippen LogP contribution in [0.25, 0.3) is 11.3 Å². The lowest BCUT2D eigenvalue weighted by Gasteiger charge is -2.27. The highest BCUT2D eigenvalue weighted by atomic mass is 16.5. The van der Waals surface area contributed by atoms with E-state index in [1.165, 1.54) is 0 Å². The summed E-state index contributed by atoms with van der Waals surface area (Å²) >= 11 is 0. The number of aliphatic carboxylic acids is 1. The van der Waals surface area contributed by atoms with Crippen LogP contribution in [0.1, 0.15) is 5.56 Å². The van der Waals surface area contributed by atoms with Crippen LogP contribution < -0.4 is 4.74 Å². The lowest BCUT2D eigenvalue weighted by Crippen LogP contribution is -2.35. The van der Waals surface area contributed by atoms with Gasteiger partial charge in [-0.3, -0.25) is 14.9 Å². The Balaban J connectivity index is 1.86. The molecule has 1 aromatic carbocycles. The van der Waals surface area contributed by atoms with E-state index in [0.29, 0.717) is 25.5 Å². The summed E-state index contributed by atoms with van der Waals surface area (Å²) in [5.74, 6) is -0.415. The number of carbonyl (C=O) groups is 1. The summed E-state index contributed by atoms with van der Waals surface area (Å²) in [6.45, 7) is 3.40. The maximum atomic E-state index is 10.8. The molecule has 0 radical (unpaired) electrons. The molecule has 0 saturated carbocycles.